The molecule has 1 aliphatic rings. The lowest BCUT2D eigenvalue weighted by atomic mass is 10.00. The maximum absolute atomic E-state index is 13.2. The van der Waals surface area contributed by atoms with Crippen LogP contribution in [-0.2, 0) is 16.0 Å². The predicted octanol–water partition coefficient (Wildman–Crippen LogP) is 5.44. The van der Waals surface area contributed by atoms with Crippen LogP contribution in [0, 0.1) is 5.92 Å². The molecule has 1 aliphatic carbocycles. The van der Waals surface area contributed by atoms with Crippen molar-refractivity contribution in [3.63, 3.8) is 0 Å². The van der Waals surface area contributed by atoms with Crippen LogP contribution in [0.25, 0.3) is 0 Å². The highest BCUT2D eigenvalue weighted by Gasteiger charge is 2.27. The van der Waals surface area contributed by atoms with Gasteiger partial charge in [0.1, 0.15) is 18.4 Å². The van der Waals surface area contributed by atoms with E-state index in [1.54, 1.807) is 54.9 Å². The first-order chi connectivity index (χ1) is 21.0. The minimum Gasteiger partial charge on any atom is -0.492 e. The zero-order valence-corrected chi connectivity index (χ0v) is 24.1. The van der Waals surface area contributed by atoms with Crippen molar-refractivity contribution in [2.75, 3.05) is 32.1 Å². The number of pyridine rings is 1. The van der Waals surface area contributed by atoms with E-state index in [4.69, 9.17) is 9.47 Å². The summed E-state index contributed by atoms with van der Waals surface area (Å²) in [6.07, 6.45) is 5.89. The van der Waals surface area contributed by atoms with Crippen molar-refractivity contribution in [3.8, 4) is 5.75 Å². The zero-order valence-electron chi connectivity index (χ0n) is 24.1. The van der Waals surface area contributed by atoms with Crippen molar-refractivity contribution in [2.24, 2.45) is 5.92 Å². The number of esters is 1. The smallest absolute Gasteiger partial charge is 0.328 e. The molecule has 1 saturated carbocycles. The predicted molar refractivity (Wildman–Crippen MR) is 164 cm³/mol. The molecule has 1 amide bonds. The fraction of sp³-hybridized carbons (Fsp3) is 0.257. The minimum absolute atomic E-state index is 0.0349. The highest BCUT2D eigenvalue weighted by molar-refractivity contribution is 6.12. The second kappa shape index (κ2) is 14.3. The van der Waals surface area contributed by atoms with Crippen LogP contribution >= 0.6 is 0 Å². The van der Waals surface area contributed by atoms with Crippen LogP contribution in [0.15, 0.2) is 103 Å². The summed E-state index contributed by atoms with van der Waals surface area (Å²) >= 11 is 0. The molecule has 0 aliphatic heterocycles. The molecule has 1 fully saturated rings. The van der Waals surface area contributed by atoms with E-state index in [9.17, 15) is 14.4 Å². The number of amides is 1. The van der Waals surface area contributed by atoms with Crippen LogP contribution in [-0.4, -0.2) is 60.4 Å². The third kappa shape index (κ3) is 8.07. The van der Waals surface area contributed by atoms with Gasteiger partial charge < -0.3 is 19.7 Å². The Balaban J connectivity index is 1.20. The highest BCUT2D eigenvalue weighted by Crippen LogP contribution is 2.30. The number of hydrogen-bond donors (Lipinski definition) is 1. The Morgan fingerprint density at radius 1 is 0.907 bits per heavy atom. The summed E-state index contributed by atoms with van der Waals surface area (Å²) in [5.74, 6) is 0.625. The topological polar surface area (TPSA) is 97.8 Å². The lowest BCUT2D eigenvalue weighted by Crippen LogP contribution is -2.36. The number of para-hydroxylation sites is 1. The van der Waals surface area contributed by atoms with Crippen molar-refractivity contribution in [1.82, 2.24) is 9.88 Å². The number of anilines is 1. The van der Waals surface area contributed by atoms with Gasteiger partial charge in [-0.1, -0.05) is 54.6 Å². The van der Waals surface area contributed by atoms with Crippen LogP contribution in [0.5, 0.6) is 5.75 Å². The quantitative estimate of drug-likeness (QED) is 0.157. The van der Waals surface area contributed by atoms with E-state index in [1.165, 1.54) is 7.11 Å². The Hall–Kier alpha value is -4.98. The number of rotatable bonds is 14. The number of carbonyl (C=O) groups excluding carboxylic acids is 3. The molecule has 8 heteroatoms. The van der Waals surface area contributed by atoms with Gasteiger partial charge >= 0.3 is 5.97 Å². The molecule has 220 valence electrons. The molecule has 8 nitrogen and oxygen atoms in total. The average molecular weight is 578 g/mol. The summed E-state index contributed by atoms with van der Waals surface area (Å²) < 4.78 is 11.1. The van der Waals surface area contributed by atoms with Crippen molar-refractivity contribution in [2.45, 2.75) is 25.3 Å². The molecule has 5 rings (SSSR count). The molecular formula is C35H35N3O5. The van der Waals surface area contributed by atoms with Crippen molar-refractivity contribution in [3.05, 3.63) is 126 Å². The summed E-state index contributed by atoms with van der Waals surface area (Å²) in [6.45, 7) is 1.55. The number of ketones is 1. The normalized spacial score (nSPS) is 13.0. The molecule has 0 saturated heterocycles. The standard InChI is InChI=1S/C35H35N3O5/c1-42-35(41)32(37-31-12-6-5-11-30(31)33(39)27-8-3-2-4-9-27)22-25-15-17-29(18-16-25)43-21-20-38(24-26-13-14-26)34(40)28-10-7-19-36-23-28/h2-12,15-19,23,26,32,37H,13-14,20-22,24H2,1H3/t32-/m0/s1. The number of methoxy groups -OCH3 is 1. The fourth-order valence-corrected chi connectivity index (χ4v) is 4.87. The highest BCUT2D eigenvalue weighted by atomic mass is 16.5. The van der Waals surface area contributed by atoms with Crippen LogP contribution in [0.4, 0.5) is 5.69 Å². The number of nitrogens with one attached hydrogen (secondary N) is 1. The van der Waals surface area contributed by atoms with Crippen molar-refractivity contribution >= 4 is 23.3 Å². The molecule has 1 N–H and O–H groups in total. The number of hydrogen-bond acceptors (Lipinski definition) is 7. The maximum Gasteiger partial charge on any atom is 0.328 e. The van der Waals surface area contributed by atoms with Crippen LogP contribution in [0.3, 0.4) is 0 Å². The Morgan fingerprint density at radius 3 is 2.33 bits per heavy atom. The molecule has 0 radical (unpaired) electrons. The molecule has 4 aromatic rings. The number of nitrogens with zero attached hydrogens (tertiary/aromatic N) is 2. The van der Waals surface area contributed by atoms with Crippen LogP contribution in [0.1, 0.15) is 44.7 Å². The van der Waals surface area contributed by atoms with E-state index in [2.05, 4.69) is 10.3 Å². The summed E-state index contributed by atoms with van der Waals surface area (Å²) in [5, 5.41) is 3.23. The maximum atomic E-state index is 13.2. The molecule has 0 spiro atoms. The van der Waals surface area contributed by atoms with Gasteiger partial charge in [-0.2, -0.15) is 0 Å². The van der Waals surface area contributed by atoms with Gasteiger partial charge in [0, 0.05) is 42.2 Å². The van der Waals surface area contributed by atoms with E-state index in [0.717, 1.165) is 24.9 Å². The van der Waals surface area contributed by atoms with Crippen LogP contribution < -0.4 is 10.1 Å². The molecule has 0 unspecified atom stereocenters. The zero-order chi connectivity index (χ0) is 30.0. The molecular weight excluding hydrogens is 542 g/mol. The monoisotopic (exact) mass is 577 g/mol. The van der Waals surface area contributed by atoms with Gasteiger partial charge in [-0.25, -0.2) is 4.79 Å². The molecule has 1 heterocycles. The van der Waals surface area contributed by atoms with Gasteiger partial charge in [-0.05, 0) is 60.7 Å². The summed E-state index contributed by atoms with van der Waals surface area (Å²) in [4.78, 5) is 44.9. The number of aromatic nitrogens is 1. The number of ether oxygens (including phenoxy) is 2. The number of benzene rings is 3. The van der Waals surface area contributed by atoms with Crippen molar-refractivity contribution in [1.29, 1.82) is 0 Å². The third-order valence-electron chi connectivity index (χ3n) is 7.39. The Bertz CT molecular complexity index is 1520. The summed E-state index contributed by atoms with van der Waals surface area (Å²) in [5.41, 5.74) is 3.07. The first-order valence-corrected chi connectivity index (χ1v) is 14.5. The first kappa shape index (κ1) is 29.5. The molecule has 0 bridgehead atoms. The molecule has 1 atom stereocenters. The molecule has 3 aromatic carbocycles. The Kier molecular flexibility index (Phi) is 9.79. The van der Waals surface area contributed by atoms with Gasteiger partial charge in [0.2, 0.25) is 0 Å². The van der Waals surface area contributed by atoms with Gasteiger partial charge in [0.25, 0.3) is 5.91 Å². The van der Waals surface area contributed by atoms with Gasteiger partial charge in [0.15, 0.2) is 5.78 Å². The van der Waals surface area contributed by atoms with E-state index in [0.29, 0.717) is 53.6 Å². The minimum atomic E-state index is -0.712. The van der Waals surface area contributed by atoms with E-state index < -0.39 is 12.0 Å². The van der Waals surface area contributed by atoms with Gasteiger partial charge in [-0.15, -0.1) is 0 Å². The average Bonchev–Trinajstić information content (AvgIpc) is 3.89. The summed E-state index contributed by atoms with van der Waals surface area (Å²) in [7, 11) is 1.35. The Morgan fingerprint density at radius 2 is 1.63 bits per heavy atom. The number of carbonyl (C=O) groups is 3. The van der Waals surface area contributed by atoms with E-state index in [1.807, 2.05) is 53.4 Å². The molecule has 1 aromatic heterocycles. The molecule has 43 heavy (non-hydrogen) atoms. The second-order valence-electron chi connectivity index (χ2n) is 10.6. The van der Waals surface area contributed by atoms with E-state index in [-0.39, 0.29) is 11.7 Å². The Labute approximate surface area is 251 Å². The largest absolute Gasteiger partial charge is 0.492 e. The lowest BCUT2D eigenvalue weighted by molar-refractivity contribution is -0.141. The van der Waals surface area contributed by atoms with Gasteiger partial charge in [-0.3, -0.25) is 14.6 Å². The fourth-order valence-electron chi connectivity index (χ4n) is 4.87. The third-order valence-corrected chi connectivity index (χ3v) is 7.39. The summed E-state index contributed by atoms with van der Waals surface area (Å²) in [6, 6.07) is 26.5. The van der Waals surface area contributed by atoms with Gasteiger partial charge in [0.05, 0.1) is 19.2 Å². The SMILES string of the molecule is COC(=O)[C@H](Cc1ccc(OCCN(CC2CC2)C(=O)c2cccnc2)cc1)Nc1ccccc1C(=O)c1ccccc1. The second-order valence-corrected chi connectivity index (χ2v) is 10.6. The lowest BCUT2D eigenvalue weighted by Gasteiger charge is -2.23. The van der Waals surface area contributed by atoms with Crippen LogP contribution in [0.2, 0.25) is 0 Å². The van der Waals surface area contributed by atoms with Crippen molar-refractivity contribution < 1.29 is 23.9 Å². The van der Waals surface area contributed by atoms with E-state index >= 15 is 0 Å². The first-order valence-electron chi connectivity index (χ1n) is 14.5.